The Labute approximate surface area is 189 Å². The Balaban J connectivity index is 1.85. The van der Waals surface area contributed by atoms with Crippen LogP contribution in [0.2, 0.25) is 0 Å². The number of carbonyl (C=O) groups excluding carboxylic acids is 1. The van der Waals surface area contributed by atoms with Gasteiger partial charge in [-0.25, -0.2) is 9.79 Å². The van der Waals surface area contributed by atoms with Gasteiger partial charge in [-0.2, -0.15) is 0 Å². The molecule has 0 spiro atoms. The fourth-order valence-corrected chi connectivity index (χ4v) is 4.76. The van der Waals surface area contributed by atoms with Crippen molar-refractivity contribution in [2.24, 2.45) is 4.99 Å². The first kappa shape index (κ1) is 21.8. The van der Waals surface area contributed by atoms with Gasteiger partial charge in [0.15, 0.2) is 4.80 Å². The van der Waals surface area contributed by atoms with Crippen molar-refractivity contribution in [3.8, 4) is 5.75 Å². The van der Waals surface area contributed by atoms with Crippen molar-refractivity contribution in [3.05, 3.63) is 96.7 Å². The molecule has 0 bridgehead atoms. The van der Waals surface area contributed by atoms with Crippen LogP contribution in [0.3, 0.4) is 0 Å². The Morgan fingerprint density at radius 1 is 1.12 bits per heavy atom. The van der Waals surface area contributed by atoms with Crippen LogP contribution in [-0.2, 0) is 9.53 Å². The number of fused-ring (bicyclic) bond motifs is 1. The highest BCUT2D eigenvalue weighted by molar-refractivity contribution is 7.07. The summed E-state index contributed by atoms with van der Waals surface area (Å²) in [6.07, 6.45) is 1.93. The maximum absolute atomic E-state index is 13.5. The van der Waals surface area contributed by atoms with Gasteiger partial charge >= 0.3 is 5.97 Å². The second kappa shape index (κ2) is 8.96. The lowest BCUT2D eigenvalue weighted by molar-refractivity contribution is -0.136. The minimum atomic E-state index is -0.594. The molecule has 1 aliphatic heterocycles. The molecule has 4 rings (SSSR count). The van der Waals surface area contributed by atoms with Crippen LogP contribution >= 0.6 is 11.3 Å². The van der Waals surface area contributed by atoms with Crippen molar-refractivity contribution in [1.29, 1.82) is 0 Å². The van der Waals surface area contributed by atoms with E-state index in [0.29, 0.717) is 20.6 Å². The molecule has 7 heteroatoms. The largest absolute Gasteiger partial charge is 0.491 e. The molecular formula is C25H24N2O4S. The molecular weight excluding hydrogens is 424 g/mol. The van der Waals surface area contributed by atoms with E-state index in [1.165, 1.54) is 18.4 Å². The molecule has 164 valence electrons. The number of allylic oxidation sites excluding steroid dienone is 1. The predicted molar refractivity (Wildman–Crippen MR) is 124 cm³/mol. The van der Waals surface area contributed by atoms with E-state index >= 15 is 0 Å². The number of hydrogen-bond acceptors (Lipinski definition) is 6. The predicted octanol–water partition coefficient (Wildman–Crippen LogP) is 3.20. The normalized spacial score (nSPS) is 16.0. The highest BCUT2D eigenvalue weighted by atomic mass is 32.1. The second-order valence-electron chi connectivity index (χ2n) is 7.72. The quantitative estimate of drug-likeness (QED) is 0.562. The first-order chi connectivity index (χ1) is 15.4. The average molecular weight is 449 g/mol. The van der Waals surface area contributed by atoms with Gasteiger partial charge in [-0.05, 0) is 50.1 Å². The number of aromatic nitrogens is 1. The van der Waals surface area contributed by atoms with Crippen molar-refractivity contribution >= 4 is 23.4 Å². The van der Waals surface area contributed by atoms with Crippen LogP contribution in [0.1, 0.15) is 37.9 Å². The number of carbonyl (C=O) groups is 1. The van der Waals surface area contributed by atoms with Gasteiger partial charge in [0, 0.05) is 0 Å². The number of rotatable bonds is 5. The molecule has 2 aromatic carbocycles. The van der Waals surface area contributed by atoms with Crippen LogP contribution in [0.25, 0.3) is 6.08 Å². The Morgan fingerprint density at radius 3 is 2.44 bits per heavy atom. The number of methoxy groups -OCH3 is 1. The van der Waals surface area contributed by atoms with Gasteiger partial charge in [0.1, 0.15) is 5.75 Å². The van der Waals surface area contributed by atoms with E-state index in [4.69, 9.17) is 9.47 Å². The van der Waals surface area contributed by atoms with Gasteiger partial charge in [-0.1, -0.05) is 53.8 Å². The highest BCUT2D eigenvalue weighted by Crippen LogP contribution is 2.30. The Morgan fingerprint density at radius 2 is 1.81 bits per heavy atom. The zero-order valence-corrected chi connectivity index (χ0v) is 19.2. The molecule has 0 unspecified atom stereocenters. The molecule has 1 aromatic heterocycles. The first-order valence-corrected chi connectivity index (χ1v) is 11.1. The second-order valence-corrected chi connectivity index (χ2v) is 8.73. The zero-order chi connectivity index (χ0) is 22.8. The molecule has 1 atom stereocenters. The highest BCUT2D eigenvalue weighted by Gasteiger charge is 2.32. The number of esters is 1. The summed E-state index contributed by atoms with van der Waals surface area (Å²) in [5, 5.41) is 0. The van der Waals surface area contributed by atoms with E-state index in [2.05, 4.69) is 4.99 Å². The van der Waals surface area contributed by atoms with Crippen LogP contribution < -0.4 is 19.6 Å². The van der Waals surface area contributed by atoms with Crippen LogP contribution in [0.15, 0.2) is 75.7 Å². The fourth-order valence-electron chi connectivity index (χ4n) is 3.71. The standard InChI is InChI=1S/C25H24N2O4S/c1-15(2)31-19-12-10-17(11-13-19)14-20-23(28)27-22(18-8-6-5-7-9-18)21(24(29)30-4)16(3)26-25(27)32-20/h5-15,22H,1-4H3/b20-14-/t22-/m1/s1. The fraction of sp³-hybridized carbons (Fsp3) is 0.240. The van der Waals surface area contributed by atoms with Crippen molar-refractivity contribution in [1.82, 2.24) is 4.57 Å². The maximum Gasteiger partial charge on any atom is 0.338 e. The van der Waals surface area contributed by atoms with Gasteiger partial charge in [-0.15, -0.1) is 0 Å². The lowest BCUT2D eigenvalue weighted by Crippen LogP contribution is -2.39. The number of benzene rings is 2. The molecule has 0 saturated heterocycles. The molecule has 3 aromatic rings. The van der Waals surface area contributed by atoms with Gasteiger partial charge in [0.25, 0.3) is 5.56 Å². The zero-order valence-electron chi connectivity index (χ0n) is 18.4. The molecule has 0 fully saturated rings. The van der Waals surface area contributed by atoms with Gasteiger partial charge in [-0.3, -0.25) is 9.36 Å². The third kappa shape index (κ3) is 4.16. The van der Waals surface area contributed by atoms with E-state index in [-0.39, 0.29) is 11.7 Å². The summed E-state index contributed by atoms with van der Waals surface area (Å²) in [5.41, 5.74) is 2.43. The van der Waals surface area contributed by atoms with E-state index in [1.54, 1.807) is 11.5 Å². The van der Waals surface area contributed by atoms with Crippen molar-refractivity contribution in [3.63, 3.8) is 0 Å². The summed E-state index contributed by atoms with van der Waals surface area (Å²) in [6.45, 7) is 5.72. The Kier molecular flexibility index (Phi) is 6.10. The number of thiazole rings is 1. The molecule has 0 N–H and O–H groups in total. The van der Waals surface area contributed by atoms with Gasteiger partial charge in [0.05, 0.1) is 35.1 Å². The lowest BCUT2D eigenvalue weighted by Gasteiger charge is -2.24. The maximum atomic E-state index is 13.5. The lowest BCUT2D eigenvalue weighted by atomic mass is 9.96. The van der Waals surface area contributed by atoms with E-state index in [0.717, 1.165) is 16.9 Å². The van der Waals surface area contributed by atoms with Crippen molar-refractivity contribution in [2.75, 3.05) is 7.11 Å². The van der Waals surface area contributed by atoms with Crippen LogP contribution in [0, 0.1) is 0 Å². The molecule has 2 heterocycles. The van der Waals surface area contributed by atoms with Gasteiger partial charge < -0.3 is 9.47 Å². The number of nitrogens with zero attached hydrogens (tertiary/aromatic N) is 2. The average Bonchev–Trinajstić information content (AvgIpc) is 3.08. The summed E-state index contributed by atoms with van der Waals surface area (Å²) in [6, 6.07) is 16.5. The molecule has 0 amide bonds. The van der Waals surface area contributed by atoms with Crippen LogP contribution in [-0.4, -0.2) is 23.8 Å². The number of ether oxygens (including phenoxy) is 2. The molecule has 32 heavy (non-hydrogen) atoms. The monoisotopic (exact) mass is 448 g/mol. The summed E-state index contributed by atoms with van der Waals surface area (Å²) in [5.74, 6) is 0.288. The third-order valence-electron chi connectivity index (χ3n) is 5.09. The number of hydrogen-bond donors (Lipinski definition) is 0. The molecule has 6 nitrogen and oxygen atoms in total. The van der Waals surface area contributed by atoms with Gasteiger partial charge in [0.2, 0.25) is 0 Å². The van der Waals surface area contributed by atoms with Crippen LogP contribution in [0.4, 0.5) is 0 Å². The first-order valence-electron chi connectivity index (χ1n) is 10.3. The topological polar surface area (TPSA) is 69.9 Å². The summed E-state index contributed by atoms with van der Waals surface area (Å²) in [4.78, 5) is 31.2. The van der Waals surface area contributed by atoms with E-state index in [1.807, 2.05) is 74.5 Å². The summed E-state index contributed by atoms with van der Waals surface area (Å²) >= 11 is 1.31. The third-order valence-corrected chi connectivity index (χ3v) is 6.07. The SMILES string of the molecule is COC(=O)C1=C(C)N=c2s/c(=C\c3ccc(OC(C)C)cc3)c(=O)n2[C@@H]1c1ccccc1. The molecule has 0 saturated carbocycles. The van der Waals surface area contributed by atoms with Crippen molar-refractivity contribution < 1.29 is 14.3 Å². The Hall–Kier alpha value is -3.45. The van der Waals surface area contributed by atoms with E-state index in [9.17, 15) is 9.59 Å². The summed E-state index contributed by atoms with van der Waals surface area (Å²) < 4.78 is 12.8. The summed E-state index contributed by atoms with van der Waals surface area (Å²) in [7, 11) is 1.34. The smallest absolute Gasteiger partial charge is 0.338 e. The minimum Gasteiger partial charge on any atom is -0.491 e. The molecule has 0 aliphatic carbocycles. The van der Waals surface area contributed by atoms with Crippen molar-refractivity contribution in [2.45, 2.75) is 32.9 Å². The molecule has 0 radical (unpaired) electrons. The minimum absolute atomic E-state index is 0.0924. The van der Waals surface area contributed by atoms with Crippen LogP contribution in [0.5, 0.6) is 5.75 Å². The van der Waals surface area contributed by atoms with E-state index < -0.39 is 12.0 Å². The Bertz CT molecular complexity index is 1350. The molecule has 1 aliphatic rings.